The second-order valence-corrected chi connectivity index (χ2v) is 7.21. The lowest BCUT2D eigenvalue weighted by Gasteiger charge is -2.18. The molecule has 0 aliphatic rings. The summed E-state index contributed by atoms with van der Waals surface area (Å²) in [5, 5.41) is 16.6. The van der Waals surface area contributed by atoms with Crippen molar-refractivity contribution in [3.8, 4) is 11.5 Å². The van der Waals surface area contributed by atoms with Crippen LogP contribution in [0.4, 0.5) is 24.5 Å². The van der Waals surface area contributed by atoms with Crippen LogP contribution in [0.1, 0.15) is 36.7 Å². The van der Waals surface area contributed by atoms with Gasteiger partial charge in [0.15, 0.2) is 0 Å². The average Bonchev–Trinajstić information content (AvgIpc) is 2.75. The molecule has 0 aromatic heterocycles. The van der Waals surface area contributed by atoms with E-state index in [-0.39, 0.29) is 17.0 Å². The van der Waals surface area contributed by atoms with Gasteiger partial charge in [0, 0.05) is 37.8 Å². The van der Waals surface area contributed by atoms with Crippen LogP contribution in [0.5, 0.6) is 11.5 Å². The van der Waals surface area contributed by atoms with Crippen molar-refractivity contribution in [3.63, 3.8) is 0 Å². The maximum Gasteiger partial charge on any atom is 0.416 e. The Morgan fingerprint density at radius 3 is 2.32 bits per heavy atom. The first-order valence-corrected chi connectivity index (χ1v) is 10.4. The summed E-state index contributed by atoms with van der Waals surface area (Å²) in [4.78, 5) is 36.7. The molecule has 0 saturated carbocycles. The predicted molar refractivity (Wildman–Crippen MR) is 119 cm³/mol. The van der Waals surface area contributed by atoms with Crippen LogP contribution in [0.25, 0.3) is 0 Å². The Morgan fingerprint density at radius 1 is 1.09 bits per heavy atom. The van der Waals surface area contributed by atoms with Gasteiger partial charge in [-0.05, 0) is 37.4 Å². The summed E-state index contributed by atoms with van der Waals surface area (Å²) >= 11 is 0. The minimum atomic E-state index is -4.79. The summed E-state index contributed by atoms with van der Waals surface area (Å²) in [6.07, 6.45) is -4.79. The van der Waals surface area contributed by atoms with Gasteiger partial charge in [-0.25, -0.2) is 0 Å². The fraction of sp³-hybridized carbons (Fsp3) is 0.364. The zero-order valence-corrected chi connectivity index (χ0v) is 18.9. The summed E-state index contributed by atoms with van der Waals surface area (Å²) < 4.78 is 44.6. The van der Waals surface area contributed by atoms with E-state index in [9.17, 15) is 32.9 Å². The number of alkyl halides is 3. The molecule has 0 spiro atoms. The molecule has 2 aromatic carbocycles. The molecule has 0 atom stereocenters. The molecule has 2 aromatic rings. The van der Waals surface area contributed by atoms with Gasteiger partial charge in [0.25, 0.3) is 5.91 Å². The molecule has 9 nitrogen and oxygen atoms in total. The van der Waals surface area contributed by atoms with Crippen LogP contribution in [0.15, 0.2) is 36.4 Å². The van der Waals surface area contributed by atoms with Crippen LogP contribution >= 0.6 is 0 Å². The average molecular weight is 482 g/mol. The molecule has 2 amide bonds. The molecule has 0 radical (unpaired) electrons. The predicted octanol–water partition coefficient (Wildman–Crippen LogP) is 4.44. The van der Waals surface area contributed by atoms with Crippen molar-refractivity contribution in [2.24, 2.45) is 0 Å². The second kappa shape index (κ2) is 11.5. The number of carbonyl (C=O) groups excluding carboxylic acids is 2. The van der Waals surface area contributed by atoms with Gasteiger partial charge in [-0.1, -0.05) is 13.8 Å². The fourth-order valence-corrected chi connectivity index (χ4v) is 3.08. The highest BCUT2D eigenvalue weighted by Crippen LogP contribution is 2.39. The fourth-order valence-electron chi connectivity index (χ4n) is 3.08. The molecule has 0 unspecified atom stereocenters. The standard InChI is InChI=1S/C22H25F3N4O5/c1-4-28(5-2)11-10-26-21(31)17-8-7-16(27-14(3)30)13-20(17)34-19-9-6-15(22(23,24)25)12-18(19)29(32)33/h6-9,12-13H,4-5,10-11H2,1-3H3,(H,26,31)(H,27,30). The Bertz CT molecular complexity index is 1060. The molecule has 34 heavy (non-hydrogen) atoms. The summed E-state index contributed by atoms with van der Waals surface area (Å²) in [5.41, 5.74) is -1.92. The van der Waals surface area contributed by atoms with Crippen molar-refractivity contribution < 1.29 is 32.4 Å². The van der Waals surface area contributed by atoms with Crippen LogP contribution < -0.4 is 15.4 Å². The third kappa shape index (κ3) is 7.17. The van der Waals surface area contributed by atoms with E-state index in [4.69, 9.17) is 4.74 Å². The molecule has 0 bridgehead atoms. The monoisotopic (exact) mass is 482 g/mol. The van der Waals surface area contributed by atoms with Crippen molar-refractivity contribution in [1.29, 1.82) is 0 Å². The van der Waals surface area contributed by atoms with Gasteiger partial charge in [-0.2, -0.15) is 13.2 Å². The van der Waals surface area contributed by atoms with Crippen molar-refractivity contribution in [2.45, 2.75) is 26.9 Å². The molecule has 184 valence electrons. The number of hydrogen-bond donors (Lipinski definition) is 2. The molecule has 0 aliphatic carbocycles. The molecule has 0 heterocycles. The zero-order chi connectivity index (χ0) is 25.5. The summed E-state index contributed by atoms with van der Waals surface area (Å²) in [6.45, 7) is 7.71. The third-order valence-corrected chi connectivity index (χ3v) is 4.86. The number of carbonyl (C=O) groups is 2. The topological polar surface area (TPSA) is 114 Å². The first-order chi connectivity index (χ1) is 16.0. The lowest BCUT2D eigenvalue weighted by atomic mass is 10.1. The minimum absolute atomic E-state index is 0.0113. The van der Waals surface area contributed by atoms with Gasteiger partial charge in [0.2, 0.25) is 11.7 Å². The van der Waals surface area contributed by atoms with E-state index in [2.05, 4.69) is 15.5 Å². The number of hydrogen-bond acceptors (Lipinski definition) is 6. The largest absolute Gasteiger partial charge is 0.449 e. The summed E-state index contributed by atoms with van der Waals surface area (Å²) in [7, 11) is 0. The number of nitro benzene ring substituents is 1. The van der Waals surface area contributed by atoms with E-state index >= 15 is 0 Å². The number of amides is 2. The lowest BCUT2D eigenvalue weighted by molar-refractivity contribution is -0.385. The van der Waals surface area contributed by atoms with Gasteiger partial charge in [-0.15, -0.1) is 0 Å². The van der Waals surface area contributed by atoms with Crippen LogP contribution in [-0.2, 0) is 11.0 Å². The Balaban J connectivity index is 2.41. The number of nitrogens with one attached hydrogen (secondary N) is 2. The summed E-state index contributed by atoms with van der Waals surface area (Å²) in [5.74, 6) is -1.63. The number of ether oxygens (including phenoxy) is 1. The molecule has 2 rings (SSSR count). The summed E-state index contributed by atoms with van der Waals surface area (Å²) in [6, 6.07) is 5.87. The van der Waals surface area contributed by atoms with E-state index in [1.807, 2.05) is 13.8 Å². The number of nitro groups is 1. The second-order valence-electron chi connectivity index (χ2n) is 7.21. The maximum atomic E-state index is 13.0. The number of halogens is 3. The van der Waals surface area contributed by atoms with Gasteiger partial charge in [-0.3, -0.25) is 19.7 Å². The highest BCUT2D eigenvalue weighted by atomic mass is 19.4. The Morgan fingerprint density at radius 2 is 1.76 bits per heavy atom. The smallest absolute Gasteiger partial charge is 0.416 e. The van der Waals surface area contributed by atoms with E-state index in [1.54, 1.807) is 0 Å². The first-order valence-electron chi connectivity index (χ1n) is 10.4. The Labute approximate surface area is 194 Å². The molecule has 0 aliphatic heterocycles. The van der Waals surface area contributed by atoms with Gasteiger partial charge in [0.1, 0.15) is 5.75 Å². The molecule has 0 saturated heterocycles. The SMILES string of the molecule is CCN(CC)CCNC(=O)c1ccc(NC(C)=O)cc1Oc1ccc(C(F)(F)F)cc1[N+](=O)[O-]. The van der Waals surface area contributed by atoms with Gasteiger partial charge in [0.05, 0.1) is 16.1 Å². The van der Waals surface area contributed by atoms with Crippen molar-refractivity contribution in [3.05, 3.63) is 57.6 Å². The number of likely N-dealkylation sites (N-methyl/N-ethyl adjacent to an activating group) is 1. The molecular formula is C22H25F3N4O5. The van der Waals surface area contributed by atoms with E-state index < -0.39 is 39.9 Å². The Hall–Kier alpha value is -3.67. The molecule has 2 N–H and O–H groups in total. The van der Waals surface area contributed by atoms with E-state index in [0.717, 1.165) is 19.2 Å². The van der Waals surface area contributed by atoms with Crippen molar-refractivity contribution in [2.75, 3.05) is 31.5 Å². The Kier molecular flexibility index (Phi) is 8.96. The van der Waals surface area contributed by atoms with Gasteiger partial charge >= 0.3 is 11.9 Å². The molecule has 12 heteroatoms. The number of rotatable bonds is 10. The first kappa shape index (κ1) is 26.6. The van der Waals surface area contributed by atoms with Crippen LogP contribution in [0.2, 0.25) is 0 Å². The van der Waals surface area contributed by atoms with Crippen molar-refractivity contribution in [1.82, 2.24) is 10.2 Å². The highest BCUT2D eigenvalue weighted by molar-refractivity contribution is 5.98. The number of anilines is 1. The lowest BCUT2D eigenvalue weighted by Crippen LogP contribution is -2.34. The van der Waals surface area contributed by atoms with E-state index in [1.165, 1.54) is 25.1 Å². The number of nitrogens with zero attached hydrogens (tertiary/aromatic N) is 2. The van der Waals surface area contributed by atoms with E-state index in [0.29, 0.717) is 25.2 Å². The van der Waals surface area contributed by atoms with Crippen molar-refractivity contribution >= 4 is 23.2 Å². The molecular weight excluding hydrogens is 457 g/mol. The highest BCUT2D eigenvalue weighted by Gasteiger charge is 2.33. The number of benzene rings is 2. The van der Waals surface area contributed by atoms with Crippen LogP contribution in [0, 0.1) is 10.1 Å². The van der Waals surface area contributed by atoms with Gasteiger partial charge < -0.3 is 20.3 Å². The zero-order valence-electron chi connectivity index (χ0n) is 18.9. The normalized spacial score (nSPS) is 11.3. The quantitative estimate of drug-likeness (QED) is 0.382. The third-order valence-electron chi connectivity index (χ3n) is 4.86. The minimum Gasteiger partial charge on any atom is -0.449 e. The maximum absolute atomic E-state index is 13.0. The molecule has 0 fully saturated rings. The van der Waals surface area contributed by atoms with Crippen LogP contribution in [-0.4, -0.2) is 47.8 Å². The van der Waals surface area contributed by atoms with Crippen LogP contribution in [0.3, 0.4) is 0 Å².